The van der Waals surface area contributed by atoms with E-state index in [0.29, 0.717) is 5.92 Å². The molecule has 5 nitrogen and oxygen atoms in total. The third-order valence-corrected chi connectivity index (χ3v) is 4.10. The van der Waals surface area contributed by atoms with Crippen molar-refractivity contribution >= 4 is 35.8 Å². The molecular formula is C18H32IN5. The summed E-state index contributed by atoms with van der Waals surface area (Å²) in [6, 6.07) is 4.28. The summed E-state index contributed by atoms with van der Waals surface area (Å²) in [5.74, 6) is 2.56. The van der Waals surface area contributed by atoms with E-state index >= 15 is 0 Å². The Kier molecular flexibility index (Phi) is 10.1. The molecule has 1 aromatic heterocycles. The first-order valence-electron chi connectivity index (χ1n) is 8.83. The summed E-state index contributed by atoms with van der Waals surface area (Å²) in [4.78, 5) is 11.3. The SMILES string of the molecule is CN=C(NCc1ccnc(N2CCCCCC2)c1)NCC(C)C.I. The second kappa shape index (κ2) is 11.5. The highest BCUT2D eigenvalue weighted by atomic mass is 127. The standard InChI is InChI=1S/C18H31N5.HI/c1-15(2)13-21-18(19-3)22-14-16-8-9-20-17(12-16)23-10-6-4-5-7-11-23;/h8-9,12,15H,4-7,10-11,13-14H2,1-3H3,(H2,19,21,22);1H. The average Bonchev–Trinajstić information content (AvgIpc) is 2.84. The van der Waals surface area contributed by atoms with Crippen LogP contribution in [0.15, 0.2) is 23.3 Å². The van der Waals surface area contributed by atoms with Crippen LogP contribution in [-0.2, 0) is 6.54 Å². The zero-order valence-corrected chi connectivity index (χ0v) is 17.5. The Morgan fingerprint density at radius 1 is 1.21 bits per heavy atom. The molecule has 0 amide bonds. The van der Waals surface area contributed by atoms with E-state index in [4.69, 9.17) is 0 Å². The second-order valence-electron chi connectivity index (χ2n) is 6.62. The fourth-order valence-electron chi connectivity index (χ4n) is 2.75. The van der Waals surface area contributed by atoms with Gasteiger partial charge in [0.1, 0.15) is 5.82 Å². The van der Waals surface area contributed by atoms with Crippen molar-refractivity contribution in [3.05, 3.63) is 23.9 Å². The van der Waals surface area contributed by atoms with Crippen LogP contribution < -0.4 is 15.5 Å². The second-order valence-corrected chi connectivity index (χ2v) is 6.62. The molecule has 1 fully saturated rings. The molecule has 0 radical (unpaired) electrons. The normalized spacial score (nSPS) is 15.7. The molecule has 1 saturated heterocycles. The molecule has 0 bridgehead atoms. The van der Waals surface area contributed by atoms with E-state index in [2.05, 4.69) is 51.5 Å². The number of aromatic nitrogens is 1. The molecule has 0 atom stereocenters. The minimum absolute atomic E-state index is 0. The van der Waals surface area contributed by atoms with Crippen LogP contribution >= 0.6 is 24.0 Å². The highest BCUT2D eigenvalue weighted by Crippen LogP contribution is 2.18. The maximum absolute atomic E-state index is 4.56. The fourth-order valence-corrected chi connectivity index (χ4v) is 2.75. The summed E-state index contributed by atoms with van der Waals surface area (Å²) in [7, 11) is 1.81. The molecule has 2 heterocycles. The molecule has 0 aliphatic carbocycles. The van der Waals surface area contributed by atoms with Crippen LogP contribution in [0.4, 0.5) is 5.82 Å². The molecule has 24 heavy (non-hydrogen) atoms. The van der Waals surface area contributed by atoms with E-state index in [1.807, 2.05) is 13.2 Å². The van der Waals surface area contributed by atoms with Crippen LogP contribution in [0.2, 0.25) is 0 Å². The summed E-state index contributed by atoms with van der Waals surface area (Å²) in [5.41, 5.74) is 1.24. The van der Waals surface area contributed by atoms with Gasteiger partial charge in [-0.1, -0.05) is 26.7 Å². The van der Waals surface area contributed by atoms with Gasteiger partial charge in [0, 0.05) is 39.4 Å². The molecule has 136 valence electrons. The zero-order valence-electron chi connectivity index (χ0n) is 15.2. The third-order valence-electron chi connectivity index (χ3n) is 4.10. The van der Waals surface area contributed by atoms with Gasteiger partial charge < -0.3 is 15.5 Å². The Bertz CT molecular complexity index is 496. The first-order chi connectivity index (χ1) is 11.2. The van der Waals surface area contributed by atoms with Crippen molar-refractivity contribution in [2.24, 2.45) is 10.9 Å². The molecule has 2 rings (SSSR count). The van der Waals surface area contributed by atoms with Gasteiger partial charge in [0.25, 0.3) is 0 Å². The van der Waals surface area contributed by atoms with Gasteiger partial charge in [-0.25, -0.2) is 4.98 Å². The number of rotatable bonds is 5. The number of nitrogens with zero attached hydrogens (tertiary/aromatic N) is 3. The number of pyridine rings is 1. The lowest BCUT2D eigenvalue weighted by Gasteiger charge is -2.22. The quantitative estimate of drug-likeness (QED) is 0.415. The van der Waals surface area contributed by atoms with Crippen molar-refractivity contribution < 1.29 is 0 Å². The molecule has 6 heteroatoms. The molecule has 2 N–H and O–H groups in total. The first-order valence-corrected chi connectivity index (χ1v) is 8.83. The summed E-state index contributed by atoms with van der Waals surface area (Å²) < 4.78 is 0. The Labute approximate surface area is 163 Å². The maximum atomic E-state index is 4.56. The Hall–Kier alpha value is -1.05. The number of aliphatic imine (C=N–C) groups is 1. The van der Waals surface area contributed by atoms with Gasteiger partial charge in [0.2, 0.25) is 0 Å². The summed E-state index contributed by atoms with van der Waals surface area (Å²) in [6.45, 7) is 8.33. The largest absolute Gasteiger partial charge is 0.357 e. The molecule has 0 unspecified atom stereocenters. The van der Waals surface area contributed by atoms with Crippen molar-refractivity contribution in [2.45, 2.75) is 46.1 Å². The van der Waals surface area contributed by atoms with Crippen molar-refractivity contribution in [2.75, 3.05) is 31.6 Å². The number of hydrogen-bond donors (Lipinski definition) is 2. The predicted octanol–water partition coefficient (Wildman–Crippen LogP) is 3.40. The minimum Gasteiger partial charge on any atom is -0.357 e. The van der Waals surface area contributed by atoms with Crippen LogP contribution in [0, 0.1) is 5.92 Å². The van der Waals surface area contributed by atoms with Gasteiger partial charge in [-0.2, -0.15) is 0 Å². The van der Waals surface area contributed by atoms with Crippen LogP contribution in [0.25, 0.3) is 0 Å². The van der Waals surface area contributed by atoms with Crippen LogP contribution in [0.5, 0.6) is 0 Å². The van der Waals surface area contributed by atoms with Gasteiger partial charge in [0.15, 0.2) is 5.96 Å². The smallest absolute Gasteiger partial charge is 0.191 e. The molecular weight excluding hydrogens is 413 g/mol. The van der Waals surface area contributed by atoms with Crippen LogP contribution in [0.3, 0.4) is 0 Å². The topological polar surface area (TPSA) is 52.6 Å². The molecule has 1 aliphatic rings. The number of halogens is 1. The summed E-state index contributed by atoms with van der Waals surface area (Å²) in [5, 5.41) is 6.71. The van der Waals surface area contributed by atoms with Gasteiger partial charge in [-0.3, -0.25) is 4.99 Å². The van der Waals surface area contributed by atoms with E-state index in [9.17, 15) is 0 Å². The average molecular weight is 445 g/mol. The summed E-state index contributed by atoms with van der Waals surface area (Å²) >= 11 is 0. The first kappa shape index (κ1) is 21.0. The van der Waals surface area contributed by atoms with Crippen molar-refractivity contribution in [1.29, 1.82) is 0 Å². The van der Waals surface area contributed by atoms with Crippen molar-refractivity contribution in [3.63, 3.8) is 0 Å². The van der Waals surface area contributed by atoms with E-state index < -0.39 is 0 Å². The Morgan fingerprint density at radius 2 is 1.92 bits per heavy atom. The monoisotopic (exact) mass is 445 g/mol. The van der Waals surface area contributed by atoms with Gasteiger partial charge >= 0.3 is 0 Å². The maximum Gasteiger partial charge on any atom is 0.191 e. The van der Waals surface area contributed by atoms with E-state index in [1.165, 1.54) is 31.2 Å². The Balaban J connectivity index is 0.00000288. The molecule has 1 aliphatic heterocycles. The van der Waals surface area contributed by atoms with Crippen molar-refractivity contribution in [1.82, 2.24) is 15.6 Å². The third kappa shape index (κ3) is 7.23. The number of hydrogen-bond acceptors (Lipinski definition) is 3. The lowest BCUT2D eigenvalue weighted by Crippen LogP contribution is -2.38. The molecule has 0 saturated carbocycles. The fraction of sp³-hybridized carbons (Fsp3) is 0.667. The highest BCUT2D eigenvalue weighted by molar-refractivity contribution is 14.0. The van der Waals surface area contributed by atoms with E-state index in [-0.39, 0.29) is 24.0 Å². The van der Waals surface area contributed by atoms with Crippen LogP contribution in [0.1, 0.15) is 45.1 Å². The van der Waals surface area contributed by atoms with Crippen LogP contribution in [-0.4, -0.2) is 37.6 Å². The van der Waals surface area contributed by atoms with E-state index in [0.717, 1.165) is 38.0 Å². The predicted molar refractivity (Wildman–Crippen MR) is 113 cm³/mol. The van der Waals surface area contributed by atoms with Gasteiger partial charge in [0.05, 0.1) is 0 Å². The summed E-state index contributed by atoms with van der Waals surface area (Å²) in [6.07, 6.45) is 7.15. The lowest BCUT2D eigenvalue weighted by molar-refractivity contribution is 0.614. The highest BCUT2D eigenvalue weighted by Gasteiger charge is 2.11. The van der Waals surface area contributed by atoms with Crippen molar-refractivity contribution in [3.8, 4) is 0 Å². The van der Waals surface area contributed by atoms with Gasteiger partial charge in [-0.05, 0) is 36.5 Å². The van der Waals surface area contributed by atoms with E-state index in [1.54, 1.807) is 0 Å². The minimum atomic E-state index is 0. The number of nitrogens with one attached hydrogen (secondary N) is 2. The number of guanidine groups is 1. The lowest BCUT2D eigenvalue weighted by atomic mass is 10.2. The molecule has 0 spiro atoms. The zero-order chi connectivity index (χ0) is 16.5. The molecule has 1 aromatic rings. The molecule has 0 aromatic carbocycles. The number of anilines is 1. The van der Waals surface area contributed by atoms with Gasteiger partial charge in [-0.15, -0.1) is 24.0 Å². The Morgan fingerprint density at radius 3 is 2.54 bits per heavy atom.